The lowest BCUT2D eigenvalue weighted by Gasteiger charge is -2.29. The van der Waals surface area contributed by atoms with Crippen LogP contribution in [0.25, 0.3) is 0 Å². The Balaban J connectivity index is 3.26. The molecule has 4 heteroatoms. The zero-order valence-corrected chi connectivity index (χ0v) is 11.6. The molecule has 1 aromatic rings. The van der Waals surface area contributed by atoms with Gasteiger partial charge in [0.25, 0.3) is 0 Å². The molecule has 0 aliphatic rings. The summed E-state index contributed by atoms with van der Waals surface area (Å²) in [7, 11) is 0. The second-order valence-corrected chi connectivity index (χ2v) is 5.06. The molecule has 0 fully saturated rings. The average molecular weight is 274 g/mol. The quantitative estimate of drug-likeness (QED) is 0.845. The number of aliphatic hydroxyl groups is 1. The second kappa shape index (κ2) is 5.95. The van der Waals surface area contributed by atoms with Crippen LogP contribution in [-0.2, 0) is 18.4 Å². The van der Waals surface area contributed by atoms with Gasteiger partial charge in [-0.1, -0.05) is 44.9 Å². The van der Waals surface area contributed by atoms with E-state index in [1.54, 1.807) is 12.1 Å². The molecule has 1 N–H and O–H groups in total. The molecule has 0 spiro atoms. The van der Waals surface area contributed by atoms with E-state index in [0.29, 0.717) is 12.0 Å². The molecule has 0 aliphatic carbocycles. The van der Waals surface area contributed by atoms with Crippen molar-refractivity contribution < 1.29 is 18.3 Å². The molecule has 108 valence electrons. The van der Waals surface area contributed by atoms with Gasteiger partial charge in [-0.05, 0) is 36.5 Å². The Morgan fingerprint density at radius 3 is 2.11 bits per heavy atom. The molecular weight excluding hydrogens is 253 g/mol. The van der Waals surface area contributed by atoms with Crippen molar-refractivity contribution in [2.75, 3.05) is 0 Å². The highest BCUT2D eigenvalue weighted by Gasteiger charge is 2.51. The maximum absolute atomic E-state index is 12.9. The Morgan fingerprint density at radius 2 is 1.63 bits per heavy atom. The zero-order chi connectivity index (χ0) is 14.7. The summed E-state index contributed by atoms with van der Waals surface area (Å²) in [5, 5.41) is 9.83. The van der Waals surface area contributed by atoms with Crippen molar-refractivity contribution in [3.05, 3.63) is 34.9 Å². The molecule has 0 saturated heterocycles. The van der Waals surface area contributed by atoms with Crippen LogP contribution in [0.1, 0.15) is 50.3 Å². The molecule has 0 heterocycles. The standard InChI is InChI=1S/C15H21F3O/c1-4-6-11-8-9-13(12(10-11)7-5-2)14(3,19)15(16,17)18/h8-10,19H,4-7H2,1-3H3. The van der Waals surface area contributed by atoms with E-state index >= 15 is 0 Å². The number of rotatable bonds is 5. The Labute approximate surface area is 112 Å². The first-order valence-corrected chi connectivity index (χ1v) is 6.65. The number of aryl methyl sites for hydroxylation is 2. The Morgan fingerprint density at radius 1 is 1.05 bits per heavy atom. The van der Waals surface area contributed by atoms with Crippen LogP contribution in [0.4, 0.5) is 13.2 Å². The summed E-state index contributed by atoms with van der Waals surface area (Å²) in [5.74, 6) is 0. The summed E-state index contributed by atoms with van der Waals surface area (Å²) in [6.45, 7) is 4.76. The molecule has 0 amide bonds. The Kier molecular flexibility index (Phi) is 5.02. The summed E-state index contributed by atoms with van der Waals surface area (Å²) in [6, 6.07) is 4.89. The molecule has 19 heavy (non-hydrogen) atoms. The number of hydrogen-bond donors (Lipinski definition) is 1. The van der Waals surface area contributed by atoms with Gasteiger partial charge in [-0.25, -0.2) is 0 Å². The van der Waals surface area contributed by atoms with Gasteiger partial charge in [0.1, 0.15) is 0 Å². The fourth-order valence-corrected chi connectivity index (χ4v) is 2.20. The van der Waals surface area contributed by atoms with Gasteiger partial charge in [0.05, 0.1) is 0 Å². The van der Waals surface area contributed by atoms with E-state index in [9.17, 15) is 18.3 Å². The van der Waals surface area contributed by atoms with Crippen molar-refractivity contribution >= 4 is 0 Å². The van der Waals surface area contributed by atoms with Crippen molar-refractivity contribution in [2.24, 2.45) is 0 Å². The van der Waals surface area contributed by atoms with Gasteiger partial charge in [-0.15, -0.1) is 0 Å². The lowest BCUT2D eigenvalue weighted by molar-refractivity contribution is -0.259. The second-order valence-electron chi connectivity index (χ2n) is 5.06. The van der Waals surface area contributed by atoms with Crippen LogP contribution in [0.15, 0.2) is 18.2 Å². The fraction of sp³-hybridized carbons (Fsp3) is 0.600. The van der Waals surface area contributed by atoms with Gasteiger partial charge in [0.15, 0.2) is 5.60 Å². The lowest BCUT2D eigenvalue weighted by Crippen LogP contribution is -2.40. The first-order chi connectivity index (χ1) is 8.74. The normalized spacial score (nSPS) is 15.3. The van der Waals surface area contributed by atoms with Gasteiger partial charge in [-0.3, -0.25) is 0 Å². The Hall–Kier alpha value is -1.03. The molecular formula is C15H21F3O. The van der Waals surface area contributed by atoms with Crippen LogP contribution >= 0.6 is 0 Å². The minimum absolute atomic E-state index is 0.0262. The monoisotopic (exact) mass is 274 g/mol. The summed E-state index contributed by atoms with van der Waals surface area (Å²) in [5.41, 5.74) is -1.20. The van der Waals surface area contributed by atoms with E-state index in [1.165, 1.54) is 6.07 Å². The highest BCUT2D eigenvalue weighted by atomic mass is 19.4. The van der Waals surface area contributed by atoms with Crippen molar-refractivity contribution in [2.45, 2.75) is 58.2 Å². The van der Waals surface area contributed by atoms with Gasteiger partial charge >= 0.3 is 6.18 Å². The van der Waals surface area contributed by atoms with E-state index < -0.39 is 11.8 Å². The number of alkyl halides is 3. The largest absolute Gasteiger partial charge is 0.421 e. The zero-order valence-electron chi connectivity index (χ0n) is 11.6. The van der Waals surface area contributed by atoms with Gasteiger partial charge in [0.2, 0.25) is 0 Å². The minimum atomic E-state index is -4.66. The summed E-state index contributed by atoms with van der Waals surface area (Å²) in [4.78, 5) is 0. The number of halogens is 3. The highest BCUT2D eigenvalue weighted by Crippen LogP contribution is 2.40. The molecule has 0 bridgehead atoms. The molecule has 1 rings (SSSR count). The van der Waals surface area contributed by atoms with Crippen molar-refractivity contribution in [3.8, 4) is 0 Å². The third-order valence-electron chi connectivity index (χ3n) is 3.30. The van der Waals surface area contributed by atoms with Gasteiger partial charge in [0, 0.05) is 0 Å². The predicted molar refractivity (Wildman–Crippen MR) is 70.1 cm³/mol. The van der Waals surface area contributed by atoms with Crippen molar-refractivity contribution in [3.63, 3.8) is 0 Å². The summed E-state index contributed by atoms with van der Waals surface area (Å²) >= 11 is 0. The third kappa shape index (κ3) is 3.50. The van der Waals surface area contributed by atoms with Gasteiger partial charge < -0.3 is 5.11 Å². The smallest absolute Gasteiger partial charge is 0.376 e. The fourth-order valence-electron chi connectivity index (χ4n) is 2.20. The van der Waals surface area contributed by atoms with E-state index in [0.717, 1.165) is 31.7 Å². The Bertz CT molecular complexity index is 422. The molecule has 0 aliphatic heterocycles. The van der Waals surface area contributed by atoms with E-state index in [4.69, 9.17) is 0 Å². The SMILES string of the molecule is CCCc1ccc(C(C)(O)C(F)(F)F)c(CCC)c1. The first kappa shape index (κ1) is 16.0. The molecule has 0 radical (unpaired) electrons. The van der Waals surface area contributed by atoms with Crippen LogP contribution in [0.3, 0.4) is 0 Å². The molecule has 0 aromatic heterocycles. The number of benzene rings is 1. The molecule has 1 unspecified atom stereocenters. The summed E-state index contributed by atoms with van der Waals surface area (Å²) in [6.07, 6.45) is -1.59. The predicted octanol–water partition coefficient (Wildman–Crippen LogP) is 4.36. The van der Waals surface area contributed by atoms with Gasteiger partial charge in [-0.2, -0.15) is 13.2 Å². The van der Waals surface area contributed by atoms with Crippen LogP contribution in [0.2, 0.25) is 0 Å². The van der Waals surface area contributed by atoms with E-state index in [1.807, 2.05) is 13.8 Å². The number of hydrogen-bond acceptors (Lipinski definition) is 1. The minimum Gasteiger partial charge on any atom is -0.376 e. The summed E-state index contributed by atoms with van der Waals surface area (Å²) < 4.78 is 38.8. The van der Waals surface area contributed by atoms with E-state index in [-0.39, 0.29) is 5.56 Å². The van der Waals surface area contributed by atoms with Crippen LogP contribution in [0.5, 0.6) is 0 Å². The van der Waals surface area contributed by atoms with Crippen molar-refractivity contribution in [1.29, 1.82) is 0 Å². The van der Waals surface area contributed by atoms with Crippen LogP contribution in [-0.4, -0.2) is 11.3 Å². The lowest BCUT2D eigenvalue weighted by atomic mass is 9.87. The molecule has 1 aromatic carbocycles. The first-order valence-electron chi connectivity index (χ1n) is 6.65. The van der Waals surface area contributed by atoms with Crippen LogP contribution in [0, 0.1) is 0 Å². The van der Waals surface area contributed by atoms with Crippen LogP contribution < -0.4 is 0 Å². The topological polar surface area (TPSA) is 20.2 Å². The maximum atomic E-state index is 12.9. The van der Waals surface area contributed by atoms with E-state index in [2.05, 4.69) is 0 Å². The molecule has 1 nitrogen and oxygen atoms in total. The highest BCUT2D eigenvalue weighted by molar-refractivity contribution is 5.37. The molecule has 1 atom stereocenters. The third-order valence-corrected chi connectivity index (χ3v) is 3.30. The average Bonchev–Trinajstić information content (AvgIpc) is 2.28. The maximum Gasteiger partial charge on any atom is 0.421 e. The van der Waals surface area contributed by atoms with Crippen molar-refractivity contribution in [1.82, 2.24) is 0 Å². The molecule has 0 saturated carbocycles.